The summed E-state index contributed by atoms with van der Waals surface area (Å²) in [7, 11) is 0. The minimum Gasteiger partial charge on any atom is -0.375 e. The molecule has 20 heavy (non-hydrogen) atoms. The van der Waals surface area contributed by atoms with Crippen LogP contribution < -0.4 is 5.32 Å². The minimum atomic E-state index is -1.78. The SMILES string of the molecule is Cc1cccc2c1NC(=O)C2(O)CC(=O)c1cccs1. The Morgan fingerprint density at radius 3 is 2.85 bits per heavy atom. The third-order valence-electron chi connectivity index (χ3n) is 3.54. The van der Waals surface area contributed by atoms with Crippen molar-refractivity contribution in [1.29, 1.82) is 0 Å². The average Bonchev–Trinajstić information content (AvgIpc) is 3.01. The number of rotatable bonds is 3. The van der Waals surface area contributed by atoms with E-state index in [0.717, 1.165) is 5.56 Å². The zero-order valence-electron chi connectivity index (χ0n) is 10.8. The van der Waals surface area contributed by atoms with Gasteiger partial charge in [-0.15, -0.1) is 11.3 Å². The summed E-state index contributed by atoms with van der Waals surface area (Å²) in [4.78, 5) is 24.8. The second-order valence-electron chi connectivity index (χ2n) is 4.89. The molecule has 2 aromatic rings. The molecule has 1 aromatic heterocycles. The van der Waals surface area contributed by atoms with Crippen molar-refractivity contribution in [1.82, 2.24) is 0 Å². The molecule has 0 saturated carbocycles. The molecule has 0 fully saturated rings. The Kier molecular flexibility index (Phi) is 2.96. The Hall–Kier alpha value is -1.98. The molecule has 0 saturated heterocycles. The van der Waals surface area contributed by atoms with Crippen molar-refractivity contribution in [2.24, 2.45) is 0 Å². The van der Waals surface area contributed by atoms with Gasteiger partial charge in [-0.3, -0.25) is 9.59 Å². The number of hydrogen-bond donors (Lipinski definition) is 2. The fourth-order valence-corrected chi connectivity index (χ4v) is 3.11. The number of nitrogens with one attached hydrogen (secondary N) is 1. The lowest BCUT2D eigenvalue weighted by molar-refractivity contribution is -0.133. The third-order valence-corrected chi connectivity index (χ3v) is 4.46. The van der Waals surface area contributed by atoms with E-state index in [9.17, 15) is 14.7 Å². The molecule has 1 aliphatic heterocycles. The first kappa shape index (κ1) is 13.0. The van der Waals surface area contributed by atoms with Crippen LogP contribution in [0.25, 0.3) is 0 Å². The Morgan fingerprint density at radius 2 is 2.15 bits per heavy atom. The monoisotopic (exact) mass is 287 g/mol. The molecule has 1 aliphatic rings. The molecule has 0 spiro atoms. The summed E-state index contributed by atoms with van der Waals surface area (Å²) in [5.74, 6) is -0.765. The average molecular weight is 287 g/mol. The summed E-state index contributed by atoms with van der Waals surface area (Å²) in [6, 6.07) is 8.78. The highest BCUT2D eigenvalue weighted by Gasteiger charge is 2.47. The number of anilines is 1. The summed E-state index contributed by atoms with van der Waals surface area (Å²) >= 11 is 1.31. The first-order chi connectivity index (χ1) is 9.52. The van der Waals surface area contributed by atoms with Crippen LogP contribution in [0, 0.1) is 6.92 Å². The number of aryl methyl sites for hydroxylation is 1. The molecule has 4 nitrogen and oxygen atoms in total. The van der Waals surface area contributed by atoms with Crippen LogP contribution in [0.4, 0.5) is 5.69 Å². The van der Waals surface area contributed by atoms with Crippen LogP contribution in [0.3, 0.4) is 0 Å². The van der Waals surface area contributed by atoms with E-state index in [1.807, 2.05) is 13.0 Å². The predicted molar refractivity (Wildman–Crippen MR) is 77.0 cm³/mol. The summed E-state index contributed by atoms with van der Waals surface area (Å²) in [5.41, 5.74) is 0.185. The molecule has 102 valence electrons. The van der Waals surface area contributed by atoms with Crippen molar-refractivity contribution in [3.8, 4) is 0 Å². The number of benzene rings is 1. The molecule has 2 N–H and O–H groups in total. The van der Waals surface area contributed by atoms with E-state index < -0.39 is 11.5 Å². The van der Waals surface area contributed by atoms with Crippen LogP contribution in [0.5, 0.6) is 0 Å². The van der Waals surface area contributed by atoms with E-state index in [0.29, 0.717) is 16.1 Å². The van der Waals surface area contributed by atoms with E-state index >= 15 is 0 Å². The summed E-state index contributed by atoms with van der Waals surface area (Å²) < 4.78 is 0. The van der Waals surface area contributed by atoms with Gasteiger partial charge in [0.05, 0.1) is 17.0 Å². The van der Waals surface area contributed by atoms with Gasteiger partial charge in [-0.25, -0.2) is 0 Å². The van der Waals surface area contributed by atoms with Gasteiger partial charge in [-0.1, -0.05) is 24.3 Å². The van der Waals surface area contributed by atoms with E-state index in [2.05, 4.69) is 5.32 Å². The highest BCUT2D eigenvalue weighted by Crippen LogP contribution is 2.40. The fourth-order valence-electron chi connectivity index (χ4n) is 2.45. The van der Waals surface area contributed by atoms with Gasteiger partial charge >= 0.3 is 0 Å². The first-order valence-corrected chi connectivity index (χ1v) is 7.11. The molecule has 5 heteroatoms. The maximum Gasteiger partial charge on any atom is 0.261 e. The van der Waals surface area contributed by atoms with Gasteiger partial charge in [0.2, 0.25) is 0 Å². The molecule has 1 aromatic carbocycles. The van der Waals surface area contributed by atoms with Gasteiger partial charge in [-0.2, -0.15) is 0 Å². The number of amides is 1. The molecule has 1 atom stereocenters. The van der Waals surface area contributed by atoms with Crippen LogP contribution in [0.15, 0.2) is 35.7 Å². The van der Waals surface area contributed by atoms with E-state index in [4.69, 9.17) is 0 Å². The maximum atomic E-state index is 12.2. The Labute approximate surface area is 120 Å². The van der Waals surface area contributed by atoms with Crippen LogP contribution in [0.2, 0.25) is 0 Å². The van der Waals surface area contributed by atoms with Gasteiger partial charge in [0.25, 0.3) is 5.91 Å². The lowest BCUT2D eigenvalue weighted by Gasteiger charge is -2.19. The summed E-state index contributed by atoms with van der Waals surface area (Å²) in [6.07, 6.45) is -0.240. The second-order valence-corrected chi connectivity index (χ2v) is 5.84. The number of ketones is 1. The highest BCUT2D eigenvalue weighted by atomic mass is 32.1. The standard InChI is InChI=1S/C15H13NO3S/c1-9-4-2-5-10-13(9)16-14(18)15(10,19)8-11(17)12-6-3-7-20-12/h2-7,19H,8H2,1H3,(H,16,18). The number of hydrogen-bond acceptors (Lipinski definition) is 4. The summed E-state index contributed by atoms with van der Waals surface area (Å²) in [5, 5.41) is 15.1. The normalized spacial score (nSPS) is 20.6. The van der Waals surface area contributed by atoms with E-state index in [1.54, 1.807) is 29.6 Å². The highest BCUT2D eigenvalue weighted by molar-refractivity contribution is 7.12. The van der Waals surface area contributed by atoms with Crippen molar-refractivity contribution in [3.05, 3.63) is 51.7 Å². The fraction of sp³-hybridized carbons (Fsp3) is 0.200. The minimum absolute atomic E-state index is 0.230. The number of aliphatic hydroxyl groups is 1. The van der Waals surface area contributed by atoms with Crippen LogP contribution >= 0.6 is 11.3 Å². The Bertz CT molecular complexity index is 693. The van der Waals surface area contributed by atoms with Crippen LogP contribution in [-0.2, 0) is 10.4 Å². The topological polar surface area (TPSA) is 66.4 Å². The zero-order chi connectivity index (χ0) is 14.3. The van der Waals surface area contributed by atoms with E-state index in [1.165, 1.54) is 11.3 Å². The van der Waals surface area contributed by atoms with Crippen LogP contribution in [-0.4, -0.2) is 16.8 Å². The Balaban J connectivity index is 1.99. The molecule has 1 amide bonds. The maximum absolute atomic E-state index is 12.2. The first-order valence-electron chi connectivity index (χ1n) is 6.23. The lowest BCUT2D eigenvalue weighted by atomic mass is 9.89. The number of carbonyl (C=O) groups excluding carboxylic acids is 2. The van der Waals surface area contributed by atoms with Crippen molar-refractivity contribution in [2.75, 3.05) is 5.32 Å². The molecule has 3 rings (SSSR count). The predicted octanol–water partition coefficient (Wildman–Crippen LogP) is 2.47. The Morgan fingerprint density at radius 1 is 1.35 bits per heavy atom. The van der Waals surface area contributed by atoms with Gasteiger partial charge in [-0.05, 0) is 23.9 Å². The largest absolute Gasteiger partial charge is 0.375 e. The summed E-state index contributed by atoms with van der Waals surface area (Å²) in [6.45, 7) is 1.85. The lowest BCUT2D eigenvalue weighted by Crippen LogP contribution is -2.36. The number of fused-ring (bicyclic) bond motifs is 1. The number of carbonyl (C=O) groups is 2. The molecule has 0 bridgehead atoms. The molecule has 1 unspecified atom stereocenters. The van der Waals surface area contributed by atoms with Crippen molar-refractivity contribution >= 4 is 28.7 Å². The van der Waals surface area contributed by atoms with Crippen molar-refractivity contribution in [2.45, 2.75) is 18.9 Å². The smallest absolute Gasteiger partial charge is 0.261 e. The van der Waals surface area contributed by atoms with Gasteiger partial charge < -0.3 is 10.4 Å². The van der Waals surface area contributed by atoms with Gasteiger partial charge in [0.15, 0.2) is 11.4 Å². The number of para-hydroxylation sites is 1. The second kappa shape index (κ2) is 4.54. The third kappa shape index (κ3) is 1.87. The van der Waals surface area contributed by atoms with Crippen molar-refractivity contribution < 1.29 is 14.7 Å². The quantitative estimate of drug-likeness (QED) is 0.852. The zero-order valence-corrected chi connectivity index (χ0v) is 11.7. The molecule has 0 radical (unpaired) electrons. The molecule has 0 aliphatic carbocycles. The van der Waals surface area contributed by atoms with Gasteiger partial charge in [0.1, 0.15) is 0 Å². The molecular formula is C15H13NO3S. The van der Waals surface area contributed by atoms with E-state index in [-0.39, 0.29) is 12.2 Å². The molecular weight excluding hydrogens is 274 g/mol. The molecule has 2 heterocycles. The van der Waals surface area contributed by atoms with Gasteiger partial charge in [0, 0.05) is 5.56 Å². The number of Topliss-reactive ketones (excluding diaryl/α,β-unsaturated/α-hetero) is 1. The number of thiophene rings is 1. The van der Waals surface area contributed by atoms with Crippen LogP contribution in [0.1, 0.15) is 27.2 Å². The van der Waals surface area contributed by atoms with Crippen molar-refractivity contribution in [3.63, 3.8) is 0 Å².